The third kappa shape index (κ3) is 4.91. The van der Waals surface area contributed by atoms with Gasteiger partial charge in [0.15, 0.2) is 0 Å². The molecule has 0 unspecified atom stereocenters. The maximum atomic E-state index is 5.92. The Labute approximate surface area is 145 Å². The Balaban J connectivity index is 2.10. The summed E-state index contributed by atoms with van der Waals surface area (Å²) in [5, 5.41) is 0.958. The van der Waals surface area contributed by atoms with Gasteiger partial charge in [0.25, 0.3) is 0 Å². The van der Waals surface area contributed by atoms with Crippen molar-refractivity contribution >= 4 is 14.0 Å². The fraction of sp³-hybridized carbons (Fsp3) is 0.368. The molecule has 0 spiro atoms. The fourth-order valence-corrected chi connectivity index (χ4v) is 4.91. The first-order valence-electron chi connectivity index (χ1n) is 8.43. The molecule has 0 heterocycles. The predicted octanol–water partition coefficient (Wildman–Crippen LogP) is 3.52. The average Bonchev–Trinajstić information content (AvgIpc) is 2.62. The van der Waals surface area contributed by atoms with Crippen LogP contribution in [0.3, 0.4) is 0 Å². The second-order valence-electron chi connectivity index (χ2n) is 5.15. The van der Waals surface area contributed by atoms with Crippen LogP contribution in [0.2, 0.25) is 0 Å². The molecule has 0 aliphatic carbocycles. The zero-order chi connectivity index (χ0) is 17.3. The molecule has 0 fully saturated rings. The maximum absolute atomic E-state index is 5.92. The van der Waals surface area contributed by atoms with Gasteiger partial charge in [-0.05, 0) is 38.5 Å². The van der Waals surface area contributed by atoms with Crippen LogP contribution in [0.15, 0.2) is 54.6 Å². The van der Waals surface area contributed by atoms with E-state index >= 15 is 0 Å². The first-order chi connectivity index (χ1) is 11.7. The van der Waals surface area contributed by atoms with Crippen molar-refractivity contribution in [2.24, 2.45) is 0 Å². The lowest BCUT2D eigenvalue weighted by Gasteiger charge is -2.28. The standard InChI is InChI=1S/C19H26O4Si/c1-4-21-24(22-5-2,23-6-3)19-14-12-18(13-15-19)20-16-17-10-8-7-9-11-17/h7-15H,4-6,16H2,1-3H3. The van der Waals surface area contributed by atoms with E-state index in [0.29, 0.717) is 26.4 Å². The molecular formula is C19H26O4Si. The molecule has 2 rings (SSSR count). The molecule has 0 N–H and O–H groups in total. The zero-order valence-electron chi connectivity index (χ0n) is 14.7. The van der Waals surface area contributed by atoms with Crippen molar-refractivity contribution in [3.05, 3.63) is 60.2 Å². The first kappa shape index (κ1) is 18.7. The minimum absolute atomic E-state index is 0.547. The molecular weight excluding hydrogens is 320 g/mol. The van der Waals surface area contributed by atoms with Gasteiger partial charge in [-0.1, -0.05) is 42.5 Å². The summed E-state index contributed by atoms with van der Waals surface area (Å²) in [5.74, 6) is 0.815. The van der Waals surface area contributed by atoms with Crippen molar-refractivity contribution < 1.29 is 18.0 Å². The summed E-state index contributed by atoms with van der Waals surface area (Å²) >= 11 is 0. The predicted molar refractivity (Wildman–Crippen MR) is 97.5 cm³/mol. The molecule has 130 valence electrons. The van der Waals surface area contributed by atoms with Crippen LogP contribution < -0.4 is 9.92 Å². The van der Waals surface area contributed by atoms with Crippen molar-refractivity contribution in [2.75, 3.05) is 19.8 Å². The van der Waals surface area contributed by atoms with Crippen LogP contribution in [0.5, 0.6) is 5.75 Å². The van der Waals surface area contributed by atoms with E-state index in [-0.39, 0.29) is 0 Å². The molecule has 4 nitrogen and oxygen atoms in total. The Morgan fingerprint density at radius 2 is 1.25 bits per heavy atom. The summed E-state index contributed by atoms with van der Waals surface area (Å²) in [4.78, 5) is 0. The van der Waals surface area contributed by atoms with E-state index in [1.54, 1.807) is 0 Å². The van der Waals surface area contributed by atoms with E-state index in [9.17, 15) is 0 Å². The van der Waals surface area contributed by atoms with Crippen molar-refractivity contribution in [3.63, 3.8) is 0 Å². The Morgan fingerprint density at radius 1 is 0.708 bits per heavy atom. The highest BCUT2D eigenvalue weighted by atomic mass is 28.4. The van der Waals surface area contributed by atoms with Crippen LogP contribution >= 0.6 is 0 Å². The molecule has 0 atom stereocenters. The van der Waals surface area contributed by atoms with Crippen LogP contribution in [0.4, 0.5) is 0 Å². The number of hydrogen-bond acceptors (Lipinski definition) is 4. The molecule has 0 aromatic heterocycles. The van der Waals surface area contributed by atoms with Gasteiger partial charge in [-0.15, -0.1) is 0 Å². The summed E-state index contributed by atoms with van der Waals surface area (Å²) in [6.07, 6.45) is 0. The molecule has 0 saturated heterocycles. The van der Waals surface area contributed by atoms with Crippen molar-refractivity contribution in [1.82, 2.24) is 0 Å². The van der Waals surface area contributed by atoms with Gasteiger partial charge < -0.3 is 18.0 Å². The van der Waals surface area contributed by atoms with Crippen LogP contribution in [0.1, 0.15) is 26.3 Å². The highest BCUT2D eigenvalue weighted by Crippen LogP contribution is 2.16. The topological polar surface area (TPSA) is 36.9 Å². The average molecular weight is 346 g/mol. The summed E-state index contributed by atoms with van der Waals surface area (Å²) in [5.41, 5.74) is 1.14. The van der Waals surface area contributed by atoms with E-state index in [1.165, 1.54) is 0 Å². The minimum Gasteiger partial charge on any atom is -0.489 e. The van der Waals surface area contributed by atoms with E-state index in [2.05, 4.69) is 0 Å². The van der Waals surface area contributed by atoms with Gasteiger partial charge in [0, 0.05) is 25.0 Å². The van der Waals surface area contributed by atoms with Crippen LogP contribution in [-0.4, -0.2) is 28.6 Å². The highest BCUT2D eigenvalue weighted by Gasteiger charge is 2.43. The molecule has 0 bridgehead atoms. The van der Waals surface area contributed by atoms with Crippen molar-refractivity contribution in [2.45, 2.75) is 27.4 Å². The van der Waals surface area contributed by atoms with Crippen molar-refractivity contribution in [1.29, 1.82) is 0 Å². The van der Waals surface area contributed by atoms with Crippen LogP contribution in [0.25, 0.3) is 0 Å². The van der Waals surface area contributed by atoms with Crippen LogP contribution in [0, 0.1) is 0 Å². The molecule has 0 amide bonds. The maximum Gasteiger partial charge on any atom is 0.537 e. The quantitative estimate of drug-likeness (QED) is 0.617. The highest BCUT2D eigenvalue weighted by molar-refractivity contribution is 6.75. The Hall–Kier alpha value is -1.66. The lowest BCUT2D eigenvalue weighted by atomic mass is 10.2. The molecule has 2 aromatic rings. The van der Waals surface area contributed by atoms with E-state index in [1.807, 2.05) is 75.4 Å². The van der Waals surface area contributed by atoms with Gasteiger partial charge in [-0.25, -0.2) is 0 Å². The van der Waals surface area contributed by atoms with E-state index in [0.717, 1.165) is 16.5 Å². The first-order valence-corrected chi connectivity index (χ1v) is 10.2. The third-order valence-electron chi connectivity index (χ3n) is 3.46. The zero-order valence-corrected chi connectivity index (χ0v) is 15.7. The van der Waals surface area contributed by atoms with E-state index < -0.39 is 8.80 Å². The second-order valence-corrected chi connectivity index (χ2v) is 7.71. The number of rotatable bonds is 10. The lowest BCUT2D eigenvalue weighted by Crippen LogP contribution is -2.56. The van der Waals surface area contributed by atoms with Crippen molar-refractivity contribution in [3.8, 4) is 5.75 Å². The van der Waals surface area contributed by atoms with Gasteiger partial charge in [-0.2, -0.15) is 0 Å². The summed E-state index contributed by atoms with van der Waals surface area (Å²) in [7, 11) is -2.84. The normalized spacial score (nSPS) is 11.5. The molecule has 0 radical (unpaired) electrons. The minimum atomic E-state index is -2.84. The molecule has 5 heteroatoms. The van der Waals surface area contributed by atoms with Gasteiger partial charge in [0.05, 0.1) is 0 Å². The van der Waals surface area contributed by atoms with Gasteiger partial charge in [0.1, 0.15) is 12.4 Å². The molecule has 24 heavy (non-hydrogen) atoms. The largest absolute Gasteiger partial charge is 0.537 e. The van der Waals surface area contributed by atoms with Gasteiger partial charge >= 0.3 is 8.80 Å². The molecule has 0 aliphatic heterocycles. The molecule has 2 aromatic carbocycles. The number of benzene rings is 2. The monoisotopic (exact) mass is 346 g/mol. The number of ether oxygens (including phenoxy) is 1. The number of hydrogen-bond donors (Lipinski definition) is 0. The SMILES string of the molecule is CCO[Si](OCC)(OCC)c1ccc(OCc2ccccc2)cc1. The third-order valence-corrected chi connectivity index (χ3v) is 6.51. The Bertz CT molecular complexity index is 569. The lowest BCUT2D eigenvalue weighted by molar-refractivity contribution is 0.0859. The summed E-state index contributed by atoms with van der Waals surface area (Å²) in [6, 6.07) is 18.0. The Kier molecular flexibility index (Phi) is 7.46. The Morgan fingerprint density at radius 3 is 1.75 bits per heavy atom. The fourth-order valence-electron chi connectivity index (χ4n) is 2.44. The van der Waals surface area contributed by atoms with E-state index in [4.69, 9.17) is 18.0 Å². The van der Waals surface area contributed by atoms with Crippen LogP contribution in [-0.2, 0) is 19.9 Å². The van der Waals surface area contributed by atoms with Gasteiger partial charge in [0.2, 0.25) is 0 Å². The molecule has 0 aliphatic rings. The molecule has 0 saturated carbocycles. The summed E-state index contributed by atoms with van der Waals surface area (Å²) < 4.78 is 23.6. The summed E-state index contributed by atoms with van der Waals surface area (Å²) in [6.45, 7) is 8.08. The van der Waals surface area contributed by atoms with Gasteiger partial charge in [-0.3, -0.25) is 0 Å². The smallest absolute Gasteiger partial charge is 0.489 e. The second kappa shape index (κ2) is 9.59.